The number of rotatable bonds is 10. The van der Waals surface area contributed by atoms with Gasteiger partial charge in [-0.25, -0.2) is 0 Å². The lowest BCUT2D eigenvalue weighted by Crippen LogP contribution is -2.24. The number of nitrogens with zero attached hydrogens (tertiary/aromatic N) is 3. The van der Waals surface area contributed by atoms with Crippen molar-refractivity contribution >= 4 is 39.9 Å². The first kappa shape index (κ1) is 22.0. The lowest BCUT2D eigenvalue weighted by atomic mass is 10.1. The molecule has 1 aromatic carbocycles. The minimum absolute atomic E-state index is 0.240. The highest BCUT2D eigenvalue weighted by atomic mass is 32.2. The van der Waals surface area contributed by atoms with Gasteiger partial charge < -0.3 is 20.4 Å². The number of nitrogens with two attached hydrogens (primary N) is 1. The highest BCUT2D eigenvalue weighted by Gasteiger charge is 2.22. The van der Waals surface area contributed by atoms with Crippen LogP contribution in [0.5, 0.6) is 0 Å². The van der Waals surface area contributed by atoms with E-state index in [0.29, 0.717) is 35.3 Å². The van der Waals surface area contributed by atoms with Gasteiger partial charge in [-0.1, -0.05) is 42.1 Å². The third kappa shape index (κ3) is 5.47. The molecule has 0 saturated carbocycles. The maximum absolute atomic E-state index is 12.7. The number of anilines is 1. The van der Waals surface area contributed by atoms with Crippen molar-refractivity contribution in [1.82, 2.24) is 14.8 Å². The predicted molar refractivity (Wildman–Crippen MR) is 118 cm³/mol. The Hall–Kier alpha value is -2.69. The number of ether oxygens (including phenoxy) is 1. The molecule has 3 rings (SSSR count). The lowest BCUT2D eigenvalue weighted by molar-refractivity contribution is -0.115. The van der Waals surface area contributed by atoms with Crippen LogP contribution in [0.3, 0.4) is 0 Å². The Balaban J connectivity index is 1.73. The van der Waals surface area contributed by atoms with E-state index in [2.05, 4.69) is 15.5 Å². The SMILES string of the molecule is COCCn1c(Cc2ccccc2)nnc1S[C@@H](C)C(=O)Nc1sccc1C(N)=O. The molecule has 0 fully saturated rings. The Morgan fingerprint density at radius 2 is 2.03 bits per heavy atom. The first-order valence-corrected chi connectivity index (χ1v) is 11.0. The molecule has 2 amide bonds. The van der Waals surface area contributed by atoms with E-state index in [0.717, 1.165) is 11.4 Å². The smallest absolute Gasteiger partial charge is 0.251 e. The Bertz CT molecular complexity index is 1000. The number of benzene rings is 1. The van der Waals surface area contributed by atoms with Gasteiger partial charge in [-0.05, 0) is 23.9 Å². The first-order valence-electron chi connectivity index (χ1n) is 9.29. The Morgan fingerprint density at radius 1 is 1.27 bits per heavy atom. The van der Waals surface area contributed by atoms with Crippen LogP contribution in [0.25, 0.3) is 0 Å². The summed E-state index contributed by atoms with van der Waals surface area (Å²) in [5.41, 5.74) is 6.78. The molecule has 158 valence electrons. The lowest BCUT2D eigenvalue weighted by Gasteiger charge is -2.13. The van der Waals surface area contributed by atoms with Crippen LogP contribution in [0.4, 0.5) is 5.00 Å². The fourth-order valence-corrected chi connectivity index (χ4v) is 4.44. The normalized spacial score (nSPS) is 11.9. The molecule has 0 aliphatic carbocycles. The Kier molecular flexibility index (Phi) is 7.61. The van der Waals surface area contributed by atoms with Gasteiger partial charge in [0.15, 0.2) is 5.16 Å². The van der Waals surface area contributed by atoms with Crippen LogP contribution in [0.1, 0.15) is 28.7 Å². The Morgan fingerprint density at radius 3 is 2.73 bits per heavy atom. The largest absolute Gasteiger partial charge is 0.383 e. The monoisotopic (exact) mass is 445 g/mol. The molecular weight excluding hydrogens is 422 g/mol. The van der Waals surface area contributed by atoms with Gasteiger partial charge in [-0.2, -0.15) is 0 Å². The summed E-state index contributed by atoms with van der Waals surface area (Å²) in [4.78, 5) is 24.1. The first-order chi connectivity index (χ1) is 14.5. The summed E-state index contributed by atoms with van der Waals surface area (Å²) < 4.78 is 7.20. The van der Waals surface area contributed by atoms with E-state index in [1.165, 1.54) is 23.1 Å². The maximum atomic E-state index is 12.7. The van der Waals surface area contributed by atoms with Crippen LogP contribution >= 0.6 is 23.1 Å². The van der Waals surface area contributed by atoms with Gasteiger partial charge in [0.25, 0.3) is 5.91 Å². The molecule has 3 aromatic rings. The van der Waals surface area contributed by atoms with Gasteiger partial charge in [-0.15, -0.1) is 21.5 Å². The van der Waals surface area contributed by atoms with Crippen molar-refractivity contribution < 1.29 is 14.3 Å². The summed E-state index contributed by atoms with van der Waals surface area (Å²) in [5.74, 6) is -0.00445. The quantitative estimate of drug-likeness (QED) is 0.464. The van der Waals surface area contributed by atoms with Gasteiger partial charge in [0.1, 0.15) is 10.8 Å². The number of aromatic nitrogens is 3. The van der Waals surface area contributed by atoms with Crippen LogP contribution in [-0.4, -0.2) is 45.5 Å². The third-order valence-electron chi connectivity index (χ3n) is 4.34. The minimum Gasteiger partial charge on any atom is -0.383 e. The zero-order valence-electron chi connectivity index (χ0n) is 16.7. The molecule has 1 atom stereocenters. The summed E-state index contributed by atoms with van der Waals surface area (Å²) in [5, 5.41) is 13.8. The number of amides is 2. The van der Waals surface area contributed by atoms with Crippen LogP contribution in [0, 0.1) is 0 Å². The fourth-order valence-electron chi connectivity index (χ4n) is 2.75. The van der Waals surface area contributed by atoms with E-state index in [1.807, 2.05) is 34.9 Å². The molecule has 0 bridgehead atoms. The van der Waals surface area contributed by atoms with Gasteiger partial charge in [0, 0.05) is 20.1 Å². The van der Waals surface area contributed by atoms with E-state index in [9.17, 15) is 9.59 Å². The summed E-state index contributed by atoms with van der Waals surface area (Å²) in [7, 11) is 1.64. The number of methoxy groups -OCH3 is 1. The predicted octanol–water partition coefficient (Wildman–Crippen LogP) is 2.79. The van der Waals surface area contributed by atoms with Crippen molar-refractivity contribution in [3.8, 4) is 0 Å². The number of thioether (sulfide) groups is 1. The Labute approximate surface area is 182 Å². The highest BCUT2D eigenvalue weighted by molar-refractivity contribution is 8.00. The fraction of sp³-hybridized carbons (Fsp3) is 0.300. The standard InChI is InChI=1S/C20H23N5O3S2/c1-13(18(27)22-19-15(17(21)26)8-11-29-19)30-20-24-23-16(25(20)9-10-28-2)12-14-6-4-3-5-7-14/h3-8,11,13H,9-10,12H2,1-2H3,(H2,21,26)(H,22,27)/t13-/m0/s1. The van der Waals surface area contributed by atoms with Crippen LogP contribution in [0.2, 0.25) is 0 Å². The second-order valence-electron chi connectivity index (χ2n) is 6.48. The van der Waals surface area contributed by atoms with Crippen molar-refractivity contribution in [3.63, 3.8) is 0 Å². The van der Waals surface area contributed by atoms with E-state index >= 15 is 0 Å². The van der Waals surface area contributed by atoms with Crippen molar-refractivity contribution in [3.05, 3.63) is 58.7 Å². The summed E-state index contributed by atoms with van der Waals surface area (Å²) in [6.07, 6.45) is 0.635. The molecule has 10 heteroatoms. The van der Waals surface area contributed by atoms with Crippen molar-refractivity contribution in [2.75, 3.05) is 19.0 Å². The molecule has 2 heterocycles. The summed E-state index contributed by atoms with van der Waals surface area (Å²) in [6, 6.07) is 11.6. The topological polar surface area (TPSA) is 112 Å². The van der Waals surface area contributed by atoms with Crippen LogP contribution in [-0.2, 0) is 22.5 Å². The highest BCUT2D eigenvalue weighted by Crippen LogP contribution is 2.27. The number of hydrogen-bond donors (Lipinski definition) is 2. The second kappa shape index (κ2) is 10.4. The maximum Gasteiger partial charge on any atom is 0.251 e. The molecule has 0 saturated heterocycles. The molecule has 0 radical (unpaired) electrons. The summed E-state index contributed by atoms with van der Waals surface area (Å²) in [6.45, 7) is 2.87. The molecule has 30 heavy (non-hydrogen) atoms. The van der Waals surface area contributed by atoms with E-state index in [1.54, 1.807) is 25.5 Å². The van der Waals surface area contributed by atoms with E-state index in [4.69, 9.17) is 10.5 Å². The van der Waals surface area contributed by atoms with Crippen LogP contribution < -0.4 is 11.1 Å². The average molecular weight is 446 g/mol. The van der Waals surface area contributed by atoms with Crippen molar-refractivity contribution in [2.45, 2.75) is 30.3 Å². The summed E-state index contributed by atoms with van der Waals surface area (Å²) >= 11 is 2.56. The second-order valence-corrected chi connectivity index (χ2v) is 8.71. The van der Waals surface area contributed by atoms with Gasteiger partial charge in [-0.3, -0.25) is 9.59 Å². The van der Waals surface area contributed by atoms with E-state index < -0.39 is 11.2 Å². The number of carbonyl (C=O) groups is 2. The molecule has 8 nitrogen and oxygen atoms in total. The zero-order chi connectivity index (χ0) is 21.5. The number of hydrogen-bond acceptors (Lipinski definition) is 7. The molecule has 0 unspecified atom stereocenters. The zero-order valence-corrected chi connectivity index (χ0v) is 18.3. The number of thiophene rings is 1. The van der Waals surface area contributed by atoms with Crippen molar-refractivity contribution in [2.24, 2.45) is 5.73 Å². The van der Waals surface area contributed by atoms with Crippen molar-refractivity contribution in [1.29, 1.82) is 0 Å². The molecule has 3 N–H and O–H groups in total. The molecule has 0 spiro atoms. The van der Waals surface area contributed by atoms with Gasteiger partial charge in [0.2, 0.25) is 5.91 Å². The minimum atomic E-state index is -0.572. The molecular formula is C20H23N5O3S2. The number of nitrogens with one attached hydrogen (secondary N) is 1. The number of primary amides is 1. The molecule has 2 aromatic heterocycles. The number of carbonyl (C=O) groups excluding carboxylic acids is 2. The average Bonchev–Trinajstić information content (AvgIpc) is 3.34. The van der Waals surface area contributed by atoms with E-state index in [-0.39, 0.29) is 5.91 Å². The van der Waals surface area contributed by atoms with Crippen LogP contribution in [0.15, 0.2) is 46.9 Å². The third-order valence-corrected chi connectivity index (χ3v) is 6.25. The van der Waals surface area contributed by atoms with Gasteiger partial charge >= 0.3 is 0 Å². The molecule has 0 aliphatic rings. The molecule has 0 aliphatic heterocycles. The van der Waals surface area contributed by atoms with Gasteiger partial charge in [0.05, 0.1) is 17.4 Å².